The molecule has 0 fully saturated rings. The summed E-state index contributed by atoms with van der Waals surface area (Å²) in [4.78, 5) is 1.76. The van der Waals surface area contributed by atoms with Crippen molar-refractivity contribution >= 4 is 56.0 Å². The molecule has 0 amide bonds. The van der Waals surface area contributed by atoms with Crippen LogP contribution in [-0.2, 0) is 0 Å². The highest BCUT2D eigenvalue weighted by atomic mass is 127. The third-order valence-corrected chi connectivity index (χ3v) is 4.46. The van der Waals surface area contributed by atoms with E-state index in [0.717, 1.165) is 14.3 Å². The van der Waals surface area contributed by atoms with Gasteiger partial charge < -0.3 is 5.73 Å². The van der Waals surface area contributed by atoms with E-state index in [9.17, 15) is 4.39 Å². The van der Waals surface area contributed by atoms with Crippen molar-refractivity contribution in [1.29, 1.82) is 0 Å². The van der Waals surface area contributed by atoms with Crippen LogP contribution in [0.25, 0.3) is 0 Å². The van der Waals surface area contributed by atoms with Crippen molar-refractivity contribution in [1.82, 2.24) is 0 Å². The Balaban J connectivity index is 2.33. The first kappa shape index (κ1) is 13.2. The van der Waals surface area contributed by atoms with Gasteiger partial charge in [0, 0.05) is 20.0 Å². The molecule has 0 aliphatic carbocycles. The van der Waals surface area contributed by atoms with Crippen LogP contribution in [0.4, 0.5) is 10.1 Å². The third kappa shape index (κ3) is 3.35. The Kier molecular flexibility index (Phi) is 4.32. The highest BCUT2D eigenvalue weighted by molar-refractivity contribution is 14.1. The van der Waals surface area contributed by atoms with Crippen molar-refractivity contribution in [2.75, 3.05) is 5.73 Å². The largest absolute Gasteiger partial charge is 0.398 e. The van der Waals surface area contributed by atoms with Gasteiger partial charge in [0.25, 0.3) is 0 Å². The number of hydrogen-bond acceptors (Lipinski definition) is 2. The molecular weight excluding hydrogens is 416 g/mol. The van der Waals surface area contributed by atoms with Gasteiger partial charge in [-0.25, -0.2) is 4.39 Å². The smallest absolute Gasteiger partial charge is 0.137 e. The van der Waals surface area contributed by atoms with E-state index in [0.29, 0.717) is 9.26 Å². The van der Waals surface area contributed by atoms with E-state index in [-0.39, 0.29) is 5.82 Å². The second-order valence-corrected chi connectivity index (χ2v) is 6.56. The van der Waals surface area contributed by atoms with Gasteiger partial charge in [0.2, 0.25) is 0 Å². The minimum Gasteiger partial charge on any atom is -0.398 e. The van der Waals surface area contributed by atoms with Gasteiger partial charge >= 0.3 is 0 Å². The van der Waals surface area contributed by atoms with Crippen LogP contribution in [0, 0.1) is 9.39 Å². The summed E-state index contributed by atoms with van der Waals surface area (Å²) in [5.41, 5.74) is 6.47. The molecule has 0 spiro atoms. The van der Waals surface area contributed by atoms with Gasteiger partial charge in [-0.05, 0) is 52.9 Å². The Morgan fingerprint density at radius 2 is 2.00 bits per heavy atom. The zero-order valence-electron chi connectivity index (χ0n) is 8.58. The van der Waals surface area contributed by atoms with Crippen molar-refractivity contribution in [2.45, 2.75) is 9.79 Å². The fourth-order valence-corrected chi connectivity index (χ4v) is 3.26. The zero-order valence-corrected chi connectivity index (χ0v) is 13.1. The number of hydrogen-bond donors (Lipinski definition) is 1. The zero-order chi connectivity index (χ0) is 12.4. The molecular formula is C12H8BrFINS. The molecule has 1 nitrogen and oxygen atoms in total. The molecule has 0 heterocycles. The number of nitrogens with two attached hydrogens (primary N) is 1. The maximum Gasteiger partial charge on any atom is 0.137 e. The Hall–Kier alpha value is -0.270. The van der Waals surface area contributed by atoms with E-state index >= 15 is 0 Å². The fraction of sp³-hybridized carbons (Fsp3) is 0. The summed E-state index contributed by atoms with van der Waals surface area (Å²) in [7, 11) is 0. The fourth-order valence-electron chi connectivity index (χ4n) is 1.29. The van der Waals surface area contributed by atoms with Crippen molar-refractivity contribution in [3.05, 3.63) is 50.3 Å². The molecule has 0 atom stereocenters. The summed E-state index contributed by atoms with van der Waals surface area (Å²) in [5.74, 6) is -0.239. The van der Waals surface area contributed by atoms with Gasteiger partial charge in [-0.1, -0.05) is 33.8 Å². The second-order valence-electron chi connectivity index (χ2n) is 3.36. The summed E-state index contributed by atoms with van der Waals surface area (Å²) in [5, 5.41) is 0. The lowest BCUT2D eigenvalue weighted by Gasteiger charge is -2.07. The number of anilines is 1. The molecule has 0 unspecified atom stereocenters. The lowest BCUT2D eigenvalue weighted by atomic mass is 10.3. The third-order valence-electron chi connectivity index (χ3n) is 2.08. The summed E-state index contributed by atoms with van der Waals surface area (Å²) < 4.78 is 15.0. The molecule has 88 valence electrons. The molecule has 2 rings (SSSR count). The maximum absolute atomic E-state index is 13.5. The Labute approximate surface area is 125 Å². The van der Waals surface area contributed by atoms with Crippen LogP contribution in [-0.4, -0.2) is 0 Å². The normalized spacial score (nSPS) is 10.5. The van der Waals surface area contributed by atoms with Gasteiger partial charge in [-0.3, -0.25) is 0 Å². The molecule has 0 radical (unpaired) electrons. The van der Waals surface area contributed by atoms with E-state index in [4.69, 9.17) is 5.73 Å². The van der Waals surface area contributed by atoms with E-state index in [1.165, 1.54) is 17.8 Å². The van der Waals surface area contributed by atoms with Crippen LogP contribution < -0.4 is 5.73 Å². The lowest BCUT2D eigenvalue weighted by molar-refractivity contribution is 0.617. The number of nitrogen functional groups attached to an aromatic ring is 1. The Morgan fingerprint density at radius 3 is 2.71 bits per heavy atom. The molecule has 0 saturated carbocycles. The molecule has 0 aliphatic heterocycles. The van der Waals surface area contributed by atoms with E-state index in [1.807, 2.05) is 46.9 Å². The van der Waals surface area contributed by atoms with Gasteiger partial charge in [0.15, 0.2) is 0 Å². The molecule has 0 saturated heterocycles. The van der Waals surface area contributed by atoms with E-state index in [2.05, 4.69) is 15.9 Å². The van der Waals surface area contributed by atoms with Crippen LogP contribution >= 0.6 is 50.3 Å². The average molecular weight is 424 g/mol. The van der Waals surface area contributed by atoms with Crippen LogP contribution in [0.2, 0.25) is 0 Å². The van der Waals surface area contributed by atoms with Gasteiger partial charge in [-0.2, -0.15) is 0 Å². The molecule has 0 aliphatic rings. The predicted molar refractivity (Wildman–Crippen MR) is 81.8 cm³/mol. The molecule has 2 N–H and O–H groups in total. The maximum atomic E-state index is 13.5. The molecule has 5 heteroatoms. The summed E-state index contributed by atoms with van der Waals surface area (Å²) >= 11 is 6.78. The first-order chi connectivity index (χ1) is 8.06. The minimum atomic E-state index is -0.239. The molecule has 17 heavy (non-hydrogen) atoms. The topological polar surface area (TPSA) is 26.0 Å². The van der Waals surface area contributed by atoms with Crippen molar-refractivity contribution in [2.24, 2.45) is 0 Å². The van der Waals surface area contributed by atoms with Crippen LogP contribution in [0.1, 0.15) is 0 Å². The monoisotopic (exact) mass is 423 g/mol. The van der Waals surface area contributed by atoms with Crippen molar-refractivity contribution < 1.29 is 4.39 Å². The molecule has 0 aromatic heterocycles. The predicted octanol–water partition coefficient (Wildman–Crippen LogP) is 4.93. The quantitative estimate of drug-likeness (QED) is 0.547. The SMILES string of the molecule is Nc1cc(I)c(F)cc1Sc1cccc(Br)c1. The first-order valence-electron chi connectivity index (χ1n) is 4.74. The Bertz CT molecular complexity index is 562. The number of rotatable bonds is 2. The number of benzene rings is 2. The minimum absolute atomic E-state index is 0.239. The molecule has 2 aromatic carbocycles. The van der Waals surface area contributed by atoms with Gasteiger partial charge in [0.1, 0.15) is 5.82 Å². The Morgan fingerprint density at radius 1 is 1.24 bits per heavy atom. The van der Waals surface area contributed by atoms with E-state index in [1.54, 1.807) is 6.07 Å². The van der Waals surface area contributed by atoms with Gasteiger partial charge in [0.05, 0.1) is 3.57 Å². The van der Waals surface area contributed by atoms with Crippen LogP contribution in [0.3, 0.4) is 0 Å². The lowest BCUT2D eigenvalue weighted by Crippen LogP contribution is -1.92. The van der Waals surface area contributed by atoms with E-state index < -0.39 is 0 Å². The molecule has 2 aromatic rings. The summed E-state index contributed by atoms with van der Waals surface area (Å²) in [6.07, 6.45) is 0. The number of halogens is 3. The summed E-state index contributed by atoms with van der Waals surface area (Å²) in [6, 6.07) is 10.9. The first-order valence-corrected chi connectivity index (χ1v) is 7.43. The molecule has 0 bridgehead atoms. The van der Waals surface area contributed by atoms with Crippen molar-refractivity contribution in [3.8, 4) is 0 Å². The van der Waals surface area contributed by atoms with Crippen LogP contribution in [0.5, 0.6) is 0 Å². The standard InChI is InChI=1S/C12H8BrFINS/c13-7-2-1-3-8(4-7)17-12-5-9(14)10(15)6-11(12)16/h1-6H,16H2. The van der Waals surface area contributed by atoms with Crippen molar-refractivity contribution in [3.63, 3.8) is 0 Å². The highest BCUT2D eigenvalue weighted by Gasteiger charge is 2.07. The van der Waals surface area contributed by atoms with Crippen LogP contribution in [0.15, 0.2) is 50.7 Å². The average Bonchev–Trinajstić information content (AvgIpc) is 2.26. The van der Waals surface area contributed by atoms with Gasteiger partial charge in [-0.15, -0.1) is 0 Å². The summed E-state index contributed by atoms with van der Waals surface area (Å²) in [6.45, 7) is 0. The second kappa shape index (κ2) is 5.58. The highest BCUT2D eigenvalue weighted by Crippen LogP contribution is 2.34.